The van der Waals surface area contributed by atoms with Gasteiger partial charge in [-0.3, -0.25) is 9.34 Å². The molecule has 3 heteroatoms. The van der Waals surface area contributed by atoms with Gasteiger partial charge in [-0.05, 0) is 54.4 Å². The Morgan fingerprint density at radius 2 is 1.35 bits per heavy atom. The minimum Gasteiger partial charge on any atom is -0.264 e. The Morgan fingerprint density at radius 3 is 1.53 bits per heavy atom. The van der Waals surface area contributed by atoms with Gasteiger partial charge < -0.3 is 0 Å². The Morgan fingerprint density at radius 1 is 0.941 bits per heavy atom. The molecule has 0 amide bonds. The maximum atomic E-state index is 2.74. The van der Waals surface area contributed by atoms with E-state index in [0.29, 0.717) is 17.6 Å². The van der Waals surface area contributed by atoms with E-state index in [1.807, 2.05) is 0 Å². The fourth-order valence-corrected chi connectivity index (χ4v) is 6.44. The third-order valence-electron chi connectivity index (χ3n) is 3.23. The highest BCUT2D eigenvalue weighted by atomic mass is 31.2. The maximum Gasteiger partial charge on any atom is 0.0646 e. The second kappa shape index (κ2) is 5.15. The van der Waals surface area contributed by atoms with E-state index in [1.54, 1.807) is 0 Å². The highest BCUT2D eigenvalue weighted by Crippen LogP contribution is 2.73. The summed E-state index contributed by atoms with van der Waals surface area (Å²) in [5.74, 6) is 1.55. The monoisotopic (exact) mass is 258 g/mol. The SMILES string of the molecule is CC(C)C1N(C(C)(C)C)P1N(C(C)C)C(C)C. The summed E-state index contributed by atoms with van der Waals surface area (Å²) >= 11 is 0. The maximum absolute atomic E-state index is 2.74. The van der Waals surface area contributed by atoms with Crippen molar-refractivity contribution in [3.8, 4) is 0 Å². The van der Waals surface area contributed by atoms with Gasteiger partial charge in [-0.15, -0.1) is 0 Å². The fourth-order valence-electron chi connectivity index (χ4n) is 2.75. The van der Waals surface area contributed by atoms with Crippen molar-refractivity contribution >= 4 is 8.22 Å². The van der Waals surface area contributed by atoms with E-state index in [0.717, 1.165) is 11.7 Å². The van der Waals surface area contributed by atoms with E-state index in [2.05, 4.69) is 71.7 Å². The second-order valence-electron chi connectivity index (χ2n) is 7.06. The summed E-state index contributed by atoms with van der Waals surface area (Å²) in [5.41, 5.74) is 0.308. The van der Waals surface area contributed by atoms with Crippen molar-refractivity contribution < 1.29 is 0 Å². The van der Waals surface area contributed by atoms with E-state index in [9.17, 15) is 0 Å². The van der Waals surface area contributed by atoms with Crippen LogP contribution in [-0.2, 0) is 0 Å². The lowest BCUT2D eigenvalue weighted by atomic mass is 10.1. The molecule has 0 aromatic carbocycles. The molecule has 3 unspecified atom stereocenters. The predicted octanol–water partition coefficient (Wildman–Crippen LogP) is 4.51. The molecule has 102 valence electrons. The summed E-state index contributed by atoms with van der Waals surface area (Å²) in [5, 5.41) is 0. The van der Waals surface area contributed by atoms with E-state index in [4.69, 9.17) is 0 Å². The Hall–Kier alpha value is 0.350. The first-order valence-corrected chi connectivity index (χ1v) is 8.27. The summed E-state index contributed by atoms with van der Waals surface area (Å²) in [4.78, 5) is 0. The van der Waals surface area contributed by atoms with Crippen LogP contribution in [0.5, 0.6) is 0 Å². The van der Waals surface area contributed by atoms with Crippen molar-refractivity contribution in [3.63, 3.8) is 0 Å². The summed E-state index contributed by atoms with van der Waals surface area (Å²) in [6.45, 7) is 21.1. The molecule has 1 rings (SSSR count). The molecule has 0 N–H and O–H groups in total. The minimum atomic E-state index is -0.0805. The van der Waals surface area contributed by atoms with Crippen molar-refractivity contribution in [2.45, 2.75) is 85.7 Å². The predicted molar refractivity (Wildman–Crippen MR) is 79.2 cm³/mol. The molecule has 0 spiro atoms. The molecule has 1 fully saturated rings. The van der Waals surface area contributed by atoms with Gasteiger partial charge >= 0.3 is 0 Å². The van der Waals surface area contributed by atoms with Crippen LogP contribution in [0, 0.1) is 5.92 Å². The lowest BCUT2D eigenvalue weighted by Gasteiger charge is -2.32. The van der Waals surface area contributed by atoms with E-state index >= 15 is 0 Å². The van der Waals surface area contributed by atoms with Crippen LogP contribution in [0.15, 0.2) is 0 Å². The molecule has 1 aliphatic rings. The molecular formula is C14H31N2P. The van der Waals surface area contributed by atoms with Gasteiger partial charge in [0.15, 0.2) is 0 Å². The minimum absolute atomic E-state index is 0.0805. The van der Waals surface area contributed by atoms with Crippen LogP contribution >= 0.6 is 8.22 Å². The molecule has 0 aromatic heterocycles. The first-order valence-electron chi connectivity index (χ1n) is 6.95. The molecule has 0 saturated carbocycles. The van der Waals surface area contributed by atoms with Crippen LogP contribution < -0.4 is 0 Å². The smallest absolute Gasteiger partial charge is 0.0646 e. The normalized spacial score (nSPS) is 29.8. The van der Waals surface area contributed by atoms with E-state index < -0.39 is 0 Å². The molecule has 1 aliphatic heterocycles. The van der Waals surface area contributed by atoms with Crippen LogP contribution in [0.3, 0.4) is 0 Å². The zero-order valence-corrected chi connectivity index (χ0v) is 14.0. The van der Waals surface area contributed by atoms with E-state index in [-0.39, 0.29) is 8.22 Å². The lowest BCUT2D eigenvalue weighted by molar-refractivity contribution is 0.276. The third-order valence-corrected chi connectivity index (χ3v) is 6.98. The van der Waals surface area contributed by atoms with Crippen LogP contribution in [0.25, 0.3) is 0 Å². The largest absolute Gasteiger partial charge is 0.264 e. The van der Waals surface area contributed by atoms with Crippen molar-refractivity contribution in [1.82, 2.24) is 9.34 Å². The molecule has 0 bridgehead atoms. The highest BCUT2D eigenvalue weighted by molar-refractivity contribution is 7.60. The van der Waals surface area contributed by atoms with Crippen LogP contribution in [0.1, 0.15) is 62.3 Å². The van der Waals surface area contributed by atoms with Crippen molar-refractivity contribution in [1.29, 1.82) is 0 Å². The molecular weight excluding hydrogens is 227 g/mol. The van der Waals surface area contributed by atoms with Gasteiger partial charge in [-0.25, -0.2) is 0 Å². The van der Waals surface area contributed by atoms with Crippen LogP contribution in [-0.4, -0.2) is 32.7 Å². The molecule has 2 nitrogen and oxygen atoms in total. The first-order chi connectivity index (χ1) is 7.59. The van der Waals surface area contributed by atoms with Crippen molar-refractivity contribution in [2.75, 3.05) is 0 Å². The number of rotatable bonds is 4. The van der Waals surface area contributed by atoms with Gasteiger partial charge in [0.05, 0.1) is 14.0 Å². The number of hydrogen-bond acceptors (Lipinski definition) is 2. The van der Waals surface area contributed by atoms with Gasteiger partial charge in [0, 0.05) is 17.6 Å². The van der Waals surface area contributed by atoms with Crippen LogP contribution in [0.2, 0.25) is 0 Å². The van der Waals surface area contributed by atoms with Crippen molar-refractivity contribution in [3.05, 3.63) is 0 Å². The number of nitrogens with zero attached hydrogens (tertiary/aromatic N) is 2. The Labute approximate surface area is 110 Å². The first kappa shape index (κ1) is 15.4. The third kappa shape index (κ3) is 3.22. The molecule has 0 aliphatic carbocycles. The summed E-state index contributed by atoms with van der Waals surface area (Å²) in [7, 11) is -0.0805. The Kier molecular flexibility index (Phi) is 4.67. The van der Waals surface area contributed by atoms with E-state index in [1.165, 1.54) is 0 Å². The van der Waals surface area contributed by atoms with Crippen LogP contribution in [0.4, 0.5) is 0 Å². The lowest BCUT2D eigenvalue weighted by Crippen LogP contribution is -2.33. The van der Waals surface area contributed by atoms with Gasteiger partial charge in [0.25, 0.3) is 0 Å². The molecule has 1 heterocycles. The average molecular weight is 258 g/mol. The van der Waals surface area contributed by atoms with Gasteiger partial charge in [-0.2, -0.15) is 0 Å². The summed E-state index contributed by atoms with van der Waals surface area (Å²) in [6, 6.07) is 1.30. The quantitative estimate of drug-likeness (QED) is 0.540. The highest BCUT2D eigenvalue weighted by Gasteiger charge is 2.58. The van der Waals surface area contributed by atoms with Gasteiger partial charge in [0.1, 0.15) is 0 Å². The summed E-state index contributed by atoms with van der Waals surface area (Å²) in [6.07, 6.45) is 0. The summed E-state index contributed by atoms with van der Waals surface area (Å²) < 4.78 is 5.47. The Balaban J connectivity index is 2.89. The fraction of sp³-hybridized carbons (Fsp3) is 1.00. The molecule has 0 radical (unpaired) electrons. The molecule has 17 heavy (non-hydrogen) atoms. The second-order valence-corrected chi connectivity index (χ2v) is 9.12. The standard InChI is InChI=1S/C14H31N2P/c1-10(2)13-16(14(7,8)9)17(13)15(11(3)4)12(5)6/h10-13H,1-9H3. The molecule has 3 atom stereocenters. The van der Waals surface area contributed by atoms with Gasteiger partial charge in [0.2, 0.25) is 0 Å². The molecule has 0 aromatic rings. The van der Waals surface area contributed by atoms with Crippen molar-refractivity contribution in [2.24, 2.45) is 5.92 Å². The van der Waals surface area contributed by atoms with Gasteiger partial charge in [-0.1, -0.05) is 13.8 Å². The zero-order valence-electron chi connectivity index (χ0n) is 13.2. The average Bonchev–Trinajstić information content (AvgIpc) is 2.76. The topological polar surface area (TPSA) is 6.25 Å². The zero-order chi connectivity index (χ0) is 13.5. The Bertz CT molecular complexity index is 247. The molecule has 1 saturated heterocycles. The number of hydrogen-bond donors (Lipinski definition) is 0.